The molecular weight excluding hydrogens is 334 g/mol. The number of aromatic nitrogens is 1. The van der Waals surface area contributed by atoms with E-state index in [1.54, 1.807) is 18.5 Å². The molecule has 2 aromatic rings. The molecule has 0 spiro atoms. The number of halogens is 1. The van der Waals surface area contributed by atoms with Gasteiger partial charge in [0.2, 0.25) is 0 Å². The highest BCUT2D eigenvalue weighted by atomic mass is 79.9. The molecule has 0 aliphatic carbocycles. The number of hydrogen-bond acceptors (Lipinski definition) is 4. The standard InChI is InChI=1S/C16H18BrNO3/c1-2-20-15-10-13(11-19)9-14(17)16(15)21-8-5-12-3-6-18-7-4-12/h3-4,6-7,9-10,19H,2,5,8,11H2,1H3. The number of aliphatic hydroxyl groups is 1. The van der Waals surface area contributed by atoms with Crippen LogP contribution in [-0.2, 0) is 13.0 Å². The van der Waals surface area contributed by atoms with E-state index in [4.69, 9.17) is 9.47 Å². The maximum absolute atomic E-state index is 9.25. The zero-order valence-corrected chi connectivity index (χ0v) is 13.5. The van der Waals surface area contributed by atoms with Gasteiger partial charge in [-0.15, -0.1) is 0 Å². The smallest absolute Gasteiger partial charge is 0.175 e. The molecule has 0 bridgehead atoms. The van der Waals surface area contributed by atoms with Gasteiger partial charge in [0.05, 0.1) is 24.3 Å². The van der Waals surface area contributed by atoms with Crippen LogP contribution in [0.2, 0.25) is 0 Å². The minimum absolute atomic E-state index is 0.0318. The Balaban J connectivity index is 2.07. The first kappa shape index (κ1) is 15.8. The molecule has 1 N–H and O–H groups in total. The lowest BCUT2D eigenvalue weighted by atomic mass is 10.2. The van der Waals surface area contributed by atoms with Crippen molar-refractivity contribution in [2.24, 2.45) is 0 Å². The van der Waals surface area contributed by atoms with Crippen LogP contribution in [0.3, 0.4) is 0 Å². The summed E-state index contributed by atoms with van der Waals surface area (Å²) in [6.07, 6.45) is 4.34. The topological polar surface area (TPSA) is 51.6 Å². The van der Waals surface area contributed by atoms with Crippen LogP contribution in [0.1, 0.15) is 18.1 Å². The Kier molecular flexibility index (Phi) is 6.02. The monoisotopic (exact) mass is 351 g/mol. The van der Waals surface area contributed by atoms with Gasteiger partial charge in [0.25, 0.3) is 0 Å². The van der Waals surface area contributed by atoms with E-state index in [-0.39, 0.29) is 6.61 Å². The van der Waals surface area contributed by atoms with Crippen molar-refractivity contribution < 1.29 is 14.6 Å². The summed E-state index contributed by atoms with van der Waals surface area (Å²) in [6.45, 7) is 2.97. The van der Waals surface area contributed by atoms with E-state index < -0.39 is 0 Å². The number of nitrogens with zero attached hydrogens (tertiary/aromatic N) is 1. The lowest BCUT2D eigenvalue weighted by molar-refractivity contribution is 0.269. The van der Waals surface area contributed by atoms with Gasteiger partial charge in [-0.05, 0) is 58.2 Å². The third-order valence-electron chi connectivity index (χ3n) is 2.94. The van der Waals surface area contributed by atoms with Gasteiger partial charge < -0.3 is 14.6 Å². The molecule has 21 heavy (non-hydrogen) atoms. The molecule has 0 saturated heterocycles. The fraction of sp³-hybridized carbons (Fsp3) is 0.312. The number of aliphatic hydroxyl groups excluding tert-OH is 1. The maximum Gasteiger partial charge on any atom is 0.175 e. The largest absolute Gasteiger partial charge is 0.490 e. The SMILES string of the molecule is CCOc1cc(CO)cc(Br)c1OCCc1ccncc1. The Morgan fingerprint density at radius 1 is 1.14 bits per heavy atom. The van der Waals surface area contributed by atoms with Gasteiger partial charge in [0.1, 0.15) is 0 Å². The predicted octanol–water partition coefficient (Wildman–Crippen LogP) is 3.36. The van der Waals surface area contributed by atoms with Crippen LogP contribution in [0.25, 0.3) is 0 Å². The lowest BCUT2D eigenvalue weighted by Crippen LogP contribution is -2.05. The molecule has 0 unspecified atom stereocenters. The van der Waals surface area contributed by atoms with Crippen LogP contribution < -0.4 is 9.47 Å². The minimum atomic E-state index is -0.0318. The molecule has 0 aliphatic heterocycles. The molecule has 0 amide bonds. The van der Waals surface area contributed by atoms with E-state index in [0.29, 0.717) is 24.7 Å². The van der Waals surface area contributed by atoms with Gasteiger partial charge in [-0.3, -0.25) is 4.98 Å². The van der Waals surface area contributed by atoms with Crippen LogP contribution in [0.5, 0.6) is 11.5 Å². The van der Waals surface area contributed by atoms with Crippen molar-refractivity contribution in [3.05, 3.63) is 52.3 Å². The summed E-state index contributed by atoms with van der Waals surface area (Å²) < 4.78 is 12.2. The molecule has 1 aromatic carbocycles. The van der Waals surface area contributed by atoms with E-state index in [1.165, 1.54) is 5.56 Å². The minimum Gasteiger partial charge on any atom is -0.490 e. The van der Waals surface area contributed by atoms with Crippen molar-refractivity contribution in [1.82, 2.24) is 4.98 Å². The Bertz CT molecular complexity index is 575. The summed E-state index contributed by atoms with van der Waals surface area (Å²) in [4.78, 5) is 3.99. The highest BCUT2D eigenvalue weighted by Gasteiger charge is 2.12. The van der Waals surface area contributed by atoms with Crippen LogP contribution in [0.15, 0.2) is 41.1 Å². The van der Waals surface area contributed by atoms with Gasteiger partial charge in [-0.1, -0.05) is 0 Å². The number of rotatable bonds is 7. The first-order valence-corrected chi connectivity index (χ1v) is 7.61. The third-order valence-corrected chi connectivity index (χ3v) is 3.53. The fourth-order valence-electron chi connectivity index (χ4n) is 1.94. The predicted molar refractivity (Wildman–Crippen MR) is 84.7 cm³/mol. The Morgan fingerprint density at radius 2 is 1.90 bits per heavy atom. The van der Waals surface area contributed by atoms with E-state index in [2.05, 4.69) is 20.9 Å². The quantitative estimate of drug-likeness (QED) is 0.830. The van der Waals surface area contributed by atoms with Crippen molar-refractivity contribution in [2.45, 2.75) is 20.0 Å². The summed E-state index contributed by atoms with van der Waals surface area (Å²) in [7, 11) is 0. The summed E-state index contributed by atoms with van der Waals surface area (Å²) in [5, 5.41) is 9.25. The molecule has 112 valence electrons. The van der Waals surface area contributed by atoms with Crippen molar-refractivity contribution in [3.8, 4) is 11.5 Å². The molecule has 0 fully saturated rings. The van der Waals surface area contributed by atoms with Gasteiger partial charge in [0.15, 0.2) is 11.5 Å². The molecule has 5 heteroatoms. The molecule has 0 saturated carbocycles. The average molecular weight is 352 g/mol. The van der Waals surface area contributed by atoms with Gasteiger partial charge >= 0.3 is 0 Å². The highest BCUT2D eigenvalue weighted by molar-refractivity contribution is 9.10. The van der Waals surface area contributed by atoms with Gasteiger partial charge in [-0.25, -0.2) is 0 Å². The zero-order valence-electron chi connectivity index (χ0n) is 11.9. The molecule has 1 aromatic heterocycles. The van der Waals surface area contributed by atoms with Crippen molar-refractivity contribution in [3.63, 3.8) is 0 Å². The number of ether oxygens (including phenoxy) is 2. The number of hydrogen-bond donors (Lipinski definition) is 1. The van der Waals surface area contributed by atoms with Crippen LogP contribution >= 0.6 is 15.9 Å². The summed E-state index contributed by atoms with van der Waals surface area (Å²) >= 11 is 3.47. The normalized spacial score (nSPS) is 10.4. The van der Waals surface area contributed by atoms with Gasteiger partial charge in [-0.2, -0.15) is 0 Å². The third kappa shape index (κ3) is 4.44. The Morgan fingerprint density at radius 3 is 2.57 bits per heavy atom. The summed E-state index contributed by atoms with van der Waals surface area (Å²) in [6, 6.07) is 7.58. The van der Waals surface area contributed by atoms with Gasteiger partial charge in [0, 0.05) is 18.8 Å². The second kappa shape index (κ2) is 8.00. The Labute approximate surface area is 132 Å². The van der Waals surface area contributed by atoms with Crippen molar-refractivity contribution in [2.75, 3.05) is 13.2 Å². The van der Waals surface area contributed by atoms with E-state index in [9.17, 15) is 5.11 Å². The van der Waals surface area contributed by atoms with Crippen LogP contribution in [0, 0.1) is 0 Å². The number of benzene rings is 1. The average Bonchev–Trinajstić information content (AvgIpc) is 2.51. The second-order valence-electron chi connectivity index (χ2n) is 4.45. The van der Waals surface area contributed by atoms with Crippen molar-refractivity contribution in [1.29, 1.82) is 0 Å². The van der Waals surface area contributed by atoms with Crippen molar-refractivity contribution >= 4 is 15.9 Å². The summed E-state index contributed by atoms with van der Waals surface area (Å²) in [5.74, 6) is 1.31. The molecule has 0 aliphatic rings. The Hall–Kier alpha value is -1.59. The molecule has 1 heterocycles. The zero-order chi connectivity index (χ0) is 15.1. The first-order chi connectivity index (χ1) is 10.2. The molecule has 2 rings (SSSR count). The van der Waals surface area contributed by atoms with E-state index >= 15 is 0 Å². The van der Waals surface area contributed by atoms with Crippen LogP contribution in [-0.4, -0.2) is 23.3 Å². The number of pyridine rings is 1. The first-order valence-electron chi connectivity index (χ1n) is 6.82. The lowest BCUT2D eigenvalue weighted by Gasteiger charge is -2.15. The maximum atomic E-state index is 9.25. The van der Waals surface area contributed by atoms with E-state index in [1.807, 2.05) is 25.1 Å². The highest BCUT2D eigenvalue weighted by Crippen LogP contribution is 2.37. The molecule has 0 atom stereocenters. The van der Waals surface area contributed by atoms with E-state index in [0.717, 1.165) is 16.5 Å². The molecule has 4 nitrogen and oxygen atoms in total. The fourth-order valence-corrected chi connectivity index (χ4v) is 2.54. The molecular formula is C16H18BrNO3. The summed E-state index contributed by atoms with van der Waals surface area (Å²) in [5.41, 5.74) is 1.96. The van der Waals surface area contributed by atoms with Crippen LogP contribution in [0.4, 0.5) is 0 Å². The second-order valence-corrected chi connectivity index (χ2v) is 5.30. The molecule has 0 radical (unpaired) electrons.